The first kappa shape index (κ1) is 17.2. The second-order valence-corrected chi connectivity index (χ2v) is 5.64. The zero-order valence-corrected chi connectivity index (χ0v) is 14.4. The SMILES string of the molecule is CCOC(=O)/C(C#N)=C/c1cc(-c2ccccc2)[nH]c1-c1ccccc1. The Bertz CT molecular complexity index is 964. The first-order chi connectivity index (χ1) is 12.7. The van der Waals surface area contributed by atoms with Gasteiger partial charge >= 0.3 is 5.97 Å². The lowest BCUT2D eigenvalue weighted by atomic mass is 10.1. The predicted molar refractivity (Wildman–Crippen MR) is 102 cm³/mol. The summed E-state index contributed by atoms with van der Waals surface area (Å²) in [5.41, 5.74) is 4.50. The molecule has 3 rings (SSSR count). The summed E-state index contributed by atoms with van der Waals surface area (Å²) in [5, 5.41) is 9.34. The van der Waals surface area contributed by atoms with Gasteiger partial charge in [0.2, 0.25) is 0 Å². The lowest BCUT2D eigenvalue weighted by Crippen LogP contribution is -2.06. The molecule has 0 aliphatic carbocycles. The maximum absolute atomic E-state index is 12.0. The minimum absolute atomic E-state index is 0.0253. The summed E-state index contributed by atoms with van der Waals surface area (Å²) in [6, 6.07) is 23.6. The molecule has 1 N–H and O–H groups in total. The quantitative estimate of drug-likeness (QED) is 0.411. The average Bonchev–Trinajstić information content (AvgIpc) is 3.11. The molecule has 0 bridgehead atoms. The van der Waals surface area contributed by atoms with Crippen LogP contribution in [0.1, 0.15) is 12.5 Å². The van der Waals surface area contributed by atoms with Crippen LogP contribution in [0.15, 0.2) is 72.3 Å². The number of nitrogens with one attached hydrogen (secondary N) is 1. The van der Waals surface area contributed by atoms with E-state index >= 15 is 0 Å². The zero-order valence-electron chi connectivity index (χ0n) is 14.4. The van der Waals surface area contributed by atoms with E-state index in [4.69, 9.17) is 4.74 Å². The number of aromatic nitrogens is 1. The molecule has 0 saturated carbocycles. The van der Waals surface area contributed by atoms with Crippen molar-refractivity contribution >= 4 is 12.0 Å². The van der Waals surface area contributed by atoms with Crippen LogP contribution < -0.4 is 0 Å². The lowest BCUT2D eigenvalue weighted by molar-refractivity contribution is -0.137. The van der Waals surface area contributed by atoms with Crippen LogP contribution in [-0.4, -0.2) is 17.6 Å². The Kier molecular flexibility index (Phi) is 5.31. The van der Waals surface area contributed by atoms with Gasteiger partial charge in [0.05, 0.1) is 12.3 Å². The predicted octanol–water partition coefficient (Wildman–Crippen LogP) is 4.82. The second-order valence-electron chi connectivity index (χ2n) is 5.64. The lowest BCUT2D eigenvalue weighted by Gasteiger charge is -2.02. The summed E-state index contributed by atoms with van der Waals surface area (Å²) in [6.45, 7) is 1.94. The number of H-pyrrole nitrogens is 1. The van der Waals surface area contributed by atoms with E-state index in [1.807, 2.05) is 72.8 Å². The topological polar surface area (TPSA) is 65.9 Å². The molecule has 0 amide bonds. The third-order valence-electron chi connectivity index (χ3n) is 3.91. The Morgan fingerprint density at radius 2 is 1.69 bits per heavy atom. The monoisotopic (exact) mass is 342 g/mol. The van der Waals surface area contributed by atoms with E-state index in [1.54, 1.807) is 13.0 Å². The Morgan fingerprint density at radius 3 is 2.27 bits per heavy atom. The maximum Gasteiger partial charge on any atom is 0.348 e. The van der Waals surface area contributed by atoms with Gasteiger partial charge in [0.15, 0.2) is 0 Å². The van der Waals surface area contributed by atoms with Gasteiger partial charge in [-0.2, -0.15) is 5.26 Å². The van der Waals surface area contributed by atoms with Crippen molar-refractivity contribution in [3.63, 3.8) is 0 Å². The Hall–Kier alpha value is -3.58. The van der Waals surface area contributed by atoms with E-state index in [0.717, 1.165) is 28.1 Å². The molecule has 0 aliphatic heterocycles. The number of nitrogens with zero attached hydrogens (tertiary/aromatic N) is 1. The molecule has 26 heavy (non-hydrogen) atoms. The number of carbonyl (C=O) groups excluding carboxylic acids is 1. The maximum atomic E-state index is 12.0. The summed E-state index contributed by atoms with van der Waals surface area (Å²) in [4.78, 5) is 15.4. The van der Waals surface area contributed by atoms with E-state index in [2.05, 4.69) is 4.98 Å². The first-order valence-corrected chi connectivity index (χ1v) is 8.35. The van der Waals surface area contributed by atoms with E-state index in [0.29, 0.717) is 0 Å². The number of rotatable bonds is 5. The molecule has 0 spiro atoms. The third kappa shape index (κ3) is 3.73. The standard InChI is InChI=1S/C22H18N2O2/c1-2-26-22(25)19(15-23)13-18-14-20(16-9-5-3-6-10-16)24-21(18)17-11-7-4-8-12-17/h3-14,24H,2H2,1H3/b19-13+. The normalized spacial score (nSPS) is 11.0. The average molecular weight is 342 g/mol. The smallest absolute Gasteiger partial charge is 0.348 e. The number of hydrogen-bond donors (Lipinski definition) is 1. The fourth-order valence-corrected chi connectivity index (χ4v) is 2.70. The third-order valence-corrected chi connectivity index (χ3v) is 3.91. The number of nitriles is 1. The Labute approximate surface area is 152 Å². The highest BCUT2D eigenvalue weighted by Gasteiger charge is 2.15. The van der Waals surface area contributed by atoms with Gasteiger partial charge in [-0.15, -0.1) is 0 Å². The van der Waals surface area contributed by atoms with Gasteiger partial charge in [0, 0.05) is 11.3 Å². The minimum atomic E-state index is -0.614. The number of esters is 1. The van der Waals surface area contributed by atoms with E-state index in [-0.39, 0.29) is 12.2 Å². The van der Waals surface area contributed by atoms with Crippen molar-refractivity contribution in [2.75, 3.05) is 6.61 Å². The van der Waals surface area contributed by atoms with Crippen molar-refractivity contribution in [1.82, 2.24) is 4.98 Å². The second kappa shape index (κ2) is 8.00. The van der Waals surface area contributed by atoms with Gasteiger partial charge in [-0.3, -0.25) is 0 Å². The fraction of sp³-hybridized carbons (Fsp3) is 0.0909. The fourth-order valence-electron chi connectivity index (χ4n) is 2.70. The molecule has 0 fully saturated rings. The molecular formula is C22H18N2O2. The molecule has 4 nitrogen and oxygen atoms in total. The van der Waals surface area contributed by atoms with Crippen LogP contribution in [0, 0.1) is 11.3 Å². The summed E-state index contributed by atoms with van der Waals surface area (Å²) in [5.74, 6) is -0.614. The van der Waals surface area contributed by atoms with Crippen molar-refractivity contribution in [3.8, 4) is 28.6 Å². The summed E-state index contributed by atoms with van der Waals surface area (Å²) >= 11 is 0. The molecule has 0 atom stereocenters. The van der Waals surface area contributed by atoms with E-state index in [9.17, 15) is 10.1 Å². The van der Waals surface area contributed by atoms with Crippen LogP contribution in [0.4, 0.5) is 0 Å². The molecule has 1 heterocycles. The molecule has 128 valence electrons. The van der Waals surface area contributed by atoms with Gasteiger partial charge < -0.3 is 9.72 Å². The Morgan fingerprint density at radius 1 is 1.08 bits per heavy atom. The highest BCUT2D eigenvalue weighted by atomic mass is 16.5. The van der Waals surface area contributed by atoms with Crippen molar-refractivity contribution in [2.24, 2.45) is 0 Å². The van der Waals surface area contributed by atoms with Crippen LogP contribution in [-0.2, 0) is 9.53 Å². The van der Waals surface area contributed by atoms with Crippen molar-refractivity contribution < 1.29 is 9.53 Å². The molecule has 0 saturated heterocycles. The molecule has 2 aromatic carbocycles. The number of carbonyl (C=O) groups is 1. The first-order valence-electron chi connectivity index (χ1n) is 8.35. The zero-order chi connectivity index (χ0) is 18.4. The molecule has 0 radical (unpaired) electrons. The van der Waals surface area contributed by atoms with Crippen LogP contribution in [0.3, 0.4) is 0 Å². The van der Waals surface area contributed by atoms with E-state index in [1.165, 1.54) is 0 Å². The number of hydrogen-bond acceptors (Lipinski definition) is 3. The number of ether oxygens (including phenoxy) is 1. The number of benzene rings is 2. The van der Waals surface area contributed by atoms with Crippen LogP contribution in [0.25, 0.3) is 28.6 Å². The summed E-state index contributed by atoms with van der Waals surface area (Å²) in [6.07, 6.45) is 1.57. The summed E-state index contributed by atoms with van der Waals surface area (Å²) in [7, 11) is 0. The molecule has 4 heteroatoms. The van der Waals surface area contributed by atoms with Gasteiger partial charge in [-0.05, 0) is 30.2 Å². The largest absolute Gasteiger partial charge is 0.462 e. The Balaban J connectivity index is 2.12. The number of aromatic amines is 1. The van der Waals surface area contributed by atoms with Crippen LogP contribution in [0.2, 0.25) is 0 Å². The minimum Gasteiger partial charge on any atom is -0.462 e. The molecule has 0 unspecified atom stereocenters. The van der Waals surface area contributed by atoms with Crippen molar-refractivity contribution in [2.45, 2.75) is 6.92 Å². The van der Waals surface area contributed by atoms with Crippen LogP contribution >= 0.6 is 0 Å². The van der Waals surface area contributed by atoms with Gasteiger partial charge in [-0.1, -0.05) is 60.7 Å². The van der Waals surface area contributed by atoms with E-state index < -0.39 is 5.97 Å². The summed E-state index contributed by atoms with van der Waals surface area (Å²) < 4.78 is 4.96. The molecule has 0 aliphatic rings. The van der Waals surface area contributed by atoms with Crippen LogP contribution in [0.5, 0.6) is 0 Å². The molecular weight excluding hydrogens is 324 g/mol. The van der Waals surface area contributed by atoms with Crippen molar-refractivity contribution in [1.29, 1.82) is 5.26 Å². The highest BCUT2D eigenvalue weighted by molar-refractivity contribution is 5.99. The van der Waals surface area contributed by atoms with Crippen molar-refractivity contribution in [3.05, 3.63) is 77.9 Å². The van der Waals surface area contributed by atoms with Gasteiger partial charge in [-0.25, -0.2) is 4.79 Å². The molecule has 3 aromatic rings. The highest BCUT2D eigenvalue weighted by Crippen LogP contribution is 2.30. The van der Waals surface area contributed by atoms with Gasteiger partial charge in [0.25, 0.3) is 0 Å². The molecule has 1 aromatic heterocycles. The van der Waals surface area contributed by atoms with Gasteiger partial charge in [0.1, 0.15) is 11.6 Å².